The van der Waals surface area contributed by atoms with Crippen LogP contribution in [0.1, 0.15) is 18.6 Å². The maximum Gasteiger partial charge on any atom is 0.322 e. The number of carbonyl (C=O) groups is 2. The summed E-state index contributed by atoms with van der Waals surface area (Å²) in [6.07, 6.45) is -1.13. The molecule has 0 aromatic heterocycles. The summed E-state index contributed by atoms with van der Waals surface area (Å²) < 4.78 is 0. The van der Waals surface area contributed by atoms with Crippen molar-refractivity contribution in [2.24, 2.45) is 0 Å². The Bertz CT molecular complexity index is 471. The molecule has 6 heteroatoms. The molecule has 1 aromatic rings. The molecule has 90 valence electrons. The van der Waals surface area contributed by atoms with Gasteiger partial charge in [-0.1, -0.05) is 12.1 Å². The van der Waals surface area contributed by atoms with Crippen LogP contribution in [0.25, 0.3) is 0 Å². The van der Waals surface area contributed by atoms with Crippen LogP contribution in [0, 0.1) is 0 Å². The van der Waals surface area contributed by atoms with Crippen molar-refractivity contribution in [3.8, 4) is 0 Å². The number of imide groups is 1. The van der Waals surface area contributed by atoms with E-state index < -0.39 is 23.6 Å². The zero-order valence-electron chi connectivity index (χ0n) is 9.23. The Morgan fingerprint density at radius 2 is 1.88 bits per heavy atom. The van der Waals surface area contributed by atoms with Crippen LogP contribution >= 0.6 is 0 Å². The van der Waals surface area contributed by atoms with Gasteiger partial charge in [0, 0.05) is 5.69 Å². The first-order valence-corrected chi connectivity index (χ1v) is 5.10. The molecular weight excluding hydrogens is 222 g/mol. The van der Waals surface area contributed by atoms with Crippen LogP contribution in [0.2, 0.25) is 0 Å². The third-order valence-electron chi connectivity index (χ3n) is 2.87. The Labute approximate surface area is 97.8 Å². The number of carbonyl (C=O) groups excluding carboxylic acids is 2. The Hall–Kier alpha value is -2.08. The second-order valence-electron chi connectivity index (χ2n) is 4.18. The van der Waals surface area contributed by atoms with E-state index >= 15 is 0 Å². The topological polar surface area (TPSA) is 104 Å². The van der Waals surface area contributed by atoms with Crippen LogP contribution in [-0.2, 0) is 4.79 Å². The van der Waals surface area contributed by atoms with Crippen LogP contribution in [-0.4, -0.2) is 22.6 Å². The fraction of sp³-hybridized carbons (Fsp3) is 0.273. The fourth-order valence-electron chi connectivity index (χ4n) is 1.76. The quantitative estimate of drug-likeness (QED) is 0.424. The number of hydrogen-bond donors (Lipinski definition) is 4. The molecule has 3 amide bonds. The van der Waals surface area contributed by atoms with E-state index in [0.717, 1.165) is 0 Å². The molecule has 2 unspecified atom stereocenters. The smallest absolute Gasteiger partial charge is 0.322 e. The first-order valence-electron chi connectivity index (χ1n) is 5.10. The molecule has 0 radical (unpaired) electrons. The molecule has 1 aliphatic heterocycles. The van der Waals surface area contributed by atoms with Gasteiger partial charge in [-0.25, -0.2) is 4.79 Å². The van der Waals surface area contributed by atoms with E-state index in [4.69, 9.17) is 5.73 Å². The Balaban J connectivity index is 2.31. The largest absolute Gasteiger partial charge is 0.399 e. The molecule has 2 rings (SSSR count). The van der Waals surface area contributed by atoms with Crippen LogP contribution < -0.4 is 16.4 Å². The zero-order chi connectivity index (χ0) is 12.6. The highest BCUT2D eigenvalue weighted by molar-refractivity contribution is 6.07. The summed E-state index contributed by atoms with van der Waals surface area (Å²) in [4.78, 5) is 22.7. The molecule has 2 atom stereocenters. The zero-order valence-corrected chi connectivity index (χ0v) is 9.23. The molecule has 17 heavy (non-hydrogen) atoms. The minimum atomic E-state index is -1.35. The van der Waals surface area contributed by atoms with Gasteiger partial charge in [-0.3, -0.25) is 10.1 Å². The van der Waals surface area contributed by atoms with Gasteiger partial charge >= 0.3 is 6.03 Å². The number of rotatable bonds is 2. The first-order chi connectivity index (χ1) is 7.93. The van der Waals surface area contributed by atoms with Crippen molar-refractivity contribution in [1.82, 2.24) is 10.6 Å². The van der Waals surface area contributed by atoms with Gasteiger partial charge in [-0.15, -0.1) is 0 Å². The molecule has 0 aliphatic carbocycles. The number of amides is 3. The lowest BCUT2D eigenvalue weighted by molar-refractivity contribution is -0.127. The molecule has 5 N–H and O–H groups in total. The van der Waals surface area contributed by atoms with Gasteiger partial charge in [0.1, 0.15) is 11.6 Å². The molecule has 0 spiro atoms. The summed E-state index contributed by atoms with van der Waals surface area (Å²) >= 11 is 0. The van der Waals surface area contributed by atoms with Gasteiger partial charge in [0.05, 0.1) is 0 Å². The number of benzene rings is 1. The van der Waals surface area contributed by atoms with Crippen molar-refractivity contribution in [3.05, 3.63) is 29.8 Å². The van der Waals surface area contributed by atoms with Gasteiger partial charge in [0.2, 0.25) is 0 Å². The standard InChI is InChI=1S/C11H13N3O3/c1-11(9(16)13-10(17)14-11)8(15)6-2-4-7(12)5-3-6/h2-5,8,15H,12H2,1H3,(H2,13,14,16,17). The summed E-state index contributed by atoms with van der Waals surface area (Å²) in [6.45, 7) is 1.47. The average molecular weight is 235 g/mol. The van der Waals surface area contributed by atoms with Gasteiger partial charge in [0.15, 0.2) is 0 Å². The lowest BCUT2D eigenvalue weighted by atomic mass is 9.89. The number of hydrogen-bond acceptors (Lipinski definition) is 4. The number of urea groups is 1. The van der Waals surface area contributed by atoms with Crippen LogP contribution in [0.15, 0.2) is 24.3 Å². The van der Waals surface area contributed by atoms with Crippen LogP contribution in [0.3, 0.4) is 0 Å². The predicted molar refractivity (Wildman–Crippen MR) is 60.9 cm³/mol. The number of aliphatic hydroxyl groups excluding tert-OH is 1. The van der Waals surface area contributed by atoms with Crippen LogP contribution in [0.4, 0.5) is 10.5 Å². The molecule has 6 nitrogen and oxygen atoms in total. The van der Waals surface area contributed by atoms with Crippen molar-refractivity contribution >= 4 is 17.6 Å². The maximum absolute atomic E-state index is 11.6. The van der Waals surface area contributed by atoms with E-state index in [2.05, 4.69) is 10.6 Å². The lowest BCUT2D eigenvalue weighted by Crippen LogP contribution is -2.49. The maximum atomic E-state index is 11.6. The van der Waals surface area contributed by atoms with Gasteiger partial charge in [0.25, 0.3) is 5.91 Å². The molecule has 1 aliphatic rings. The number of aliphatic hydroxyl groups is 1. The Kier molecular flexibility index (Phi) is 2.51. The minimum Gasteiger partial charge on any atom is -0.399 e. The van der Waals surface area contributed by atoms with Gasteiger partial charge in [-0.2, -0.15) is 0 Å². The summed E-state index contributed by atoms with van der Waals surface area (Å²) in [5.41, 5.74) is 5.25. The fourth-order valence-corrected chi connectivity index (χ4v) is 1.76. The molecule has 1 saturated heterocycles. The number of anilines is 1. The van der Waals surface area contributed by atoms with Crippen molar-refractivity contribution in [3.63, 3.8) is 0 Å². The molecule has 1 fully saturated rings. The van der Waals surface area contributed by atoms with Crippen LogP contribution in [0.5, 0.6) is 0 Å². The van der Waals surface area contributed by atoms with E-state index in [1.165, 1.54) is 6.92 Å². The van der Waals surface area contributed by atoms with E-state index in [0.29, 0.717) is 11.3 Å². The Morgan fingerprint density at radius 1 is 1.29 bits per heavy atom. The van der Waals surface area contributed by atoms with Crippen molar-refractivity contribution in [2.75, 3.05) is 5.73 Å². The van der Waals surface area contributed by atoms with Crippen molar-refractivity contribution in [1.29, 1.82) is 0 Å². The van der Waals surface area contributed by atoms with E-state index in [9.17, 15) is 14.7 Å². The van der Waals surface area contributed by atoms with E-state index in [1.54, 1.807) is 24.3 Å². The first kappa shape index (κ1) is 11.4. The highest BCUT2D eigenvalue weighted by Gasteiger charge is 2.48. The summed E-state index contributed by atoms with van der Waals surface area (Å²) in [7, 11) is 0. The SMILES string of the molecule is CC1(C(O)c2ccc(N)cc2)NC(=O)NC1=O. The normalized spacial score (nSPS) is 25.3. The predicted octanol–water partition coefficient (Wildman–Crippen LogP) is -0.0997. The third kappa shape index (κ3) is 1.83. The van der Waals surface area contributed by atoms with E-state index in [-0.39, 0.29) is 0 Å². The van der Waals surface area contributed by atoms with E-state index in [1.807, 2.05) is 0 Å². The highest BCUT2D eigenvalue weighted by atomic mass is 16.3. The Morgan fingerprint density at radius 3 is 2.35 bits per heavy atom. The number of nitrogens with one attached hydrogen (secondary N) is 2. The number of nitrogens with two attached hydrogens (primary N) is 1. The number of nitrogen functional groups attached to an aromatic ring is 1. The summed E-state index contributed by atoms with van der Waals surface area (Å²) in [5.74, 6) is -0.549. The highest BCUT2D eigenvalue weighted by Crippen LogP contribution is 2.28. The average Bonchev–Trinajstić information content (AvgIpc) is 2.54. The molecule has 1 heterocycles. The summed E-state index contributed by atoms with van der Waals surface area (Å²) in [5, 5.41) is 14.7. The van der Waals surface area contributed by atoms with Crippen molar-refractivity contribution < 1.29 is 14.7 Å². The monoisotopic (exact) mass is 235 g/mol. The summed E-state index contributed by atoms with van der Waals surface area (Å²) in [6, 6.07) is 5.87. The van der Waals surface area contributed by atoms with Gasteiger partial charge < -0.3 is 16.2 Å². The molecule has 0 saturated carbocycles. The van der Waals surface area contributed by atoms with Crippen molar-refractivity contribution in [2.45, 2.75) is 18.6 Å². The minimum absolute atomic E-state index is 0.513. The molecular formula is C11H13N3O3. The molecule has 0 bridgehead atoms. The van der Waals surface area contributed by atoms with Gasteiger partial charge in [-0.05, 0) is 24.6 Å². The molecule has 1 aromatic carbocycles. The third-order valence-corrected chi connectivity index (χ3v) is 2.87. The lowest BCUT2D eigenvalue weighted by Gasteiger charge is -2.27. The second kappa shape index (κ2) is 3.74. The second-order valence-corrected chi connectivity index (χ2v) is 4.18.